The average Bonchev–Trinajstić information content (AvgIpc) is 3.14. The Labute approximate surface area is 173 Å². The van der Waals surface area contributed by atoms with Gasteiger partial charge in [0.15, 0.2) is 17.1 Å². The normalized spacial score (nSPS) is 27.1. The zero-order valence-electron chi connectivity index (χ0n) is 16.8. The zero-order valence-corrected chi connectivity index (χ0v) is 17.6. The zero-order chi connectivity index (χ0) is 20.9. The molecule has 0 radical (unpaired) electrons. The Morgan fingerprint density at radius 1 is 1.41 bits per heavy atom. The van der Waals surface area contributed by atoms with E-state index < -0.39 is 11.7 Å². The van der Waals surface area contributed by atoms with Gasteiger partial charge in [0, 0.05) is 5.92 Å². The molecule has 1 saturated carbocycles. The van der Waals surface area contributed by atoms with Gasteiger partial charge in [0.2, 0.25) is 5.95 Å². The van der Waals surface area contributed by atoms with Crippen LogP contribution in [0.3, 0.4) is 0 Å². The molecular formula is C19H24ClN5O4. The minimum atomic E-state index is -0.658. The van der Waals surface area contributed by atoms with Crippen LogP contribution in [0.15, 0.2) is 18.5 Å². The van der Waals surface area contributed by atoms with Gasteiger partial charge in [0.1, 0.15) is 11.1 Å². The first kappa shape index (κ1) is 20.1. The monoisotopic (exact) mass is 421 g/mol. The molecule has 29 heavy (non-hydrogen) atoms. The maximum absolute atomic E-state index is 12.1. The number of amides is 1. The van der Waals surface area contributed by atoms with Crippen molar-refractivity contribution in [2.24, 2.45) is 5.92 Å². The van der Waals surface area contributed by atoms with E-state index in [1.807, 2.05) is 11.5 Å². The first-order valence-electron chi connectivity index (χ1n) is 9.48. The van der Waals surface area contributed by atoms with E-state index in [2.05, 4.69) is 26.8 Å². The van der Waals surface area contributed by atoms with E-state index in [9.17, 15) is 4.79 Å². The number of nitrogens with zero attached hydrogens (tertiary/aromatic N) is 4. The molecule has 156 valence electrons. The van der Waals surface area contributed by atoms with Crippen molar-refractivity contribution in [1.29, 1.82) is 0 Å². The molecule has 0 aromatic carbocycles. The number of fused-ring (bicyclic) bond motifs is 2. The van der Waals surface area contributed by atoms with Crippen molar-refractivity contribution in [2.45, 2.75) is 58.2 Å². The maximum Gasteiger partial charge on any atom is 0.414 e. The standard InChI is InChI=1S/C19H24ClN5O4/c1-9-11-7-27-10(2)28-13(11)6-12(9)25-8-21-14-15(20)22-17(23-16(14)25)24-18(26)29-19(3,4)5/h8,10-13H,1,6-7H2,2-5H3,(H,22,23,24,26). The van der Waals surface area contributed by atoms with E-state index in [1.54, 1.807) is 27.1 Å². The molecule has 0 bridgehead atoms. The first-order chi connectivity index (χ1) is 13.6. The lowest BCUT2D eigenvalue weighted by atomic mass is 10.0. The quantitative estimate of drug-likeness (QED) is 0.582. The van der Waals surface area contributed by atoms with Crippen LogP contribution in [0, 0.1) is 5.92 Å². The van der Waals surface area contributed by atoms with E-state index in [1.165, 1.54) is 0 Å². The highest BCUT2D eigenvalue weighted by atomic mass is 35.5. The van der Waals surface area contributed by atoms with Crippen LogP contribution in [0.1, 0.15) is 40.2 Å². The molecule has 0 spiro atoms. The number of carbonyl (C=O) groups is 1. The highest BCUT2D eigenvalue weighted by Gasteiger charge is 2.43. The van der Waals surface area contributed by atoms with Gasteiger partial charge in [0.05, 0.1) is 25.1 Å². The number of hydrogen-bond donors (Lipinski definition) is 1. The number of ether oxygens (including phenoxy) is 3. The highest BCUT2D eigenvalue weighted by Crippen LogP contribution is 2.44. The third kappa shape index (κ3) is 3.94. The second-order valence-corrected chi connectivity index (χ2v) is 8.66. The summed E-state index contributed by atoms with van der Waals surface area (Å²) in [7, 11) is 0. The molecule has 1 aliphatic heterocycles. The smallest absolute Gasteiger partial charge is 0.414 e. The van der Waals surface area contributed by atoms with Gasteiger partial charge in [-0.2, -0.15) is 9.97 Å². The number of carbonyl (C=O) groups excluding carboxylic acids is 1. The summed E-state index contributed by atoms with van der Waals surface area (Å²) >= 11 is 6.29. The number of imidazole rings is 1. The Bertz CT molecular complexity index is 969. The molecule has 1 N–H and O–H groups in total. The van der Waals surface area contributed by atoms with Gasteiger partial charge in [-0.3, -0.25) is 5.32 Å². The highest BCUT2D eigenvalue weighted by molar-refractivity contribution is 6.33. The van der Waals surface area contributed by atoms with Crippen LogP contribution in [-0.2, 0) is 14.2 Å². The average molecular weight is 422 g/mol. The largest absolute Gasteiger partial charge is 0.444 e. The second-order valence-electron chi connectivity index (χ2n) is 8.30. The minimum absolute atomic E-state index is 0.0327. The fraction of sp³-hybridized carbons (Fsp3) is 0.579. The number of nitrogens with one attached hydrogen (secondary N) is 1. The molecule has 9 nitrogen and oxygen atoms in total. The fourth-order valence-corrected chi connectivity index (χ4v) is 3.98. The summed E-state index contributed by atoms with van der Waals surface area (Å²) < 4.78 is 18.7. The summed E-state index contributed by atoms with van der Waals surface area (Å²) in [4.78, 5) is 25.0. The van der Waals surface area contributed by atoms with E-state index in [-0.39, 0.29) is 35.5 Å². The van der Waals surface area contributed by atoms with Gasteiger partial charge >= 0.3 is 6.09 Å². The van der Waals surface area contributed by atoms with Crippen molar-refractivity contribution in [3.8, 4) is 0 Å². The van der Waals surface area contributed by atoms with Crippen molar-refractivity contribution < 1.29 is 19.0 Å². The first-order valence-corrected chi connectivity index (χ1v) is 9.86. The van der Waals surface area contributed by atoms with E-state index >= 15 is 0 Å². The van der Waals surface area contributed by atoms with E-state index in [4.69, 9.17) is 25.8 Å². The predicted molar refractivity (Wildman–Crippen MR) is 107 cm³/mol. The molecular weight excluding hydrogens is 398 g/mol. The van der Waals surface area contributed by atoms with Crippen LogP contribution >= 0.6 is 11.6 Å². The Kier molecular flexibility index (Phi) is 5.00. The lowest BCUT2D eigenvalue weighted by Gasteiger charge is -2.30. The summed E-state index contributed by atoms with van der Waals surface area (Å²) in [6.07, 6.45) is 1.54. The van der Waals surface area contributed by atoms with Crippen molar-refractivity contribution in [3.05, 3.63) is 23.6 Å². The van der Waals surface area contributed by atoms with E-state index in [0.717, 1.165) is 12.0 Å². The van der Waals surface area contributed by atoms with Gasteiger partial charge in [0.25, 0.3) is 0 Å². The van der Waals surface area contributed by atoms with Gasteiger partial charge in [-0.25, -0.2) is 9.78 Å². The summed E-state index contributed by atoms with van der Waals surface area (Å²) in [5.41, 5.74) is 1.32. The number of aromatic nitrogens is 4. The summed E-state index contributed by atoms with van der Waals surface area (Å²) in [5, 5.41) is 2.68. The number of rotatable bonds is 2. The van der Waals surface area contributed by atoms with Crippen LogP contribution in [0.4, 0.5) is 10.7 Å². The van der Waals surface area contributed by atoms with Crippen LogP contribution < -0.4 is 5.32 Å². The van der Waals surface area contributed by atoms with Crippen LogP contribution in [0.2, 0.25) is 5.15 Å². The van der Waals surface area contributed by atoms with Gasteiger partial charge in [-0.15, -0.1) is 0 Å². The van der Waals surface area contributed by atoms with Gasteiger partial charge < -0.3 is 18.8 Å². The van der Waals surface area contributed by atoms with Crippen molar-refractivity contribution in [3.63, 3.8) is 0 Å². The lowest BCUT2D eigenvalue weighted by Crippen LogP contribution is -2.35. The molecule has 10 heteroatoms. The Morgan fingerprint density at radius 3 is 2.90 bits per heavy atom. The van der Waals surface area contributed by atoms with Gasteiger partial charge in [-0.05, 0) is 39.7 Å². The molecule has 3 heterocycles. The third-order valence-corrected chi connectivity index (χ3v) is 5.28. The molecule has 2 fully saturated rings. The maximum atomic E-state index is 12.1. The van der Waals surface area contributed by atoms with Crippen LogP contribution in [-0.4, -0.2) is 50.2 Å². The Hall–Kier alpha value is -2.23. The lowest BCUT2D eigenvalue weighted by molar-refractivity contribution is -0.215. The molecule has 1 aliphatic carbocycles. The van der Waals surface area contributed by atoms with Crippen molar-refractivity contribution >= 4 is 34.8 Å². The molecule has 2 aromatic rings. The second kappa shape index (κ2) is 7.23. The molecule has 1 amide bonds. The van der Waals surface area contributed by atoms with Gasteiger partial charge in [-0.1, -0.05) is 18.2 Å². The Morgan fingerprint density at radius 2 is 2.17 bits per heavy atom. The van der Waals surface area contributed by atoms with Crippen LogP contribution in [0.25, 0.3) is 11.2 Å². The SMILES string of the molecule is C=C1C2COC(C)OC2CC1n1cnc2c(Cl)nc(NC(=O)OC(C)(C)C)nc21. The number of anilines is 1. The topological polar surface area (TPSA) is 100 Å². The molecule has 2 aliphatic rings. The van der Waals surface area contributed by atoms with E-state index in [0.29, 0.717) is 17.8 Å². The minimum Gasteiger partial charge on any atom is -0.444 e. The molecule has 4 unspecified atom stereocenters. The summed E-state index contributed by atoms with van der Waals surface area (Å²) in [5.74, 6) is 0.165. The third-order valence-electron chi connectivity index (χ3n) is 5.01. The van der Waals surface area contributed by atoms with Crippen molar-refractivity contribution in [2.75, 3.05) is 11.9 Å². The van der Waals surface area contributed by atoms with Crippen LogP contribution in [0.5, 0.6) is 0 Å². The Balaban J connectivity index is 1.63. The fourth-order valence-electron chi connectivity index (χ4n) is 3.76. The molecule has 2 aromatic heterocycles. The molecule has 4 atom stereocenters. The summed E-state index contributed by atoms with van der Waals surface area (Å²) in [6.45, 7) is 12.1. The molecule has 1 saturated heterocycles. The summed E-state index contributed by atoms with van der Waals surface area (Å²) in [6, 6.07) is -0.0655. The number of hydrogen-bond acceptors (Lipinski definition) is 7. The van der Waals surface area contributed by atoms with Crippen molar-refractivity contribution in [1.82, 2.24) is 19.5 Å². The molecule has 4 rings (SSSR count). The number of halogens is 1. The predicted octanol–water partition coefficient (Wildman–Crippen LogP) is 3.71.